The van der Waals surface area contributed by atoms with Crippen molar-refractivity contribution in [2.75, 3.05) is 13.2 Å². The molecule has 0 aromatic rings. The van der Waals surface area contributed by atoms with Crippen LogP contribution in [0.15, 0.2) is 0 Å². The summed E-state index contributed by atoms with van der Waals surface area (Å²) in [6, 6.07) is 0. The van der Waals surface area contributed by atoms with Gasteiger partial charge in [-0.15, -0.1) is 0 Å². The van der Waals surface area contributed by atoms with Gasteiger partial charge < -0.3 is 15.6 Å². The summed E-state index contributed by atoms with van der Waals surface area (Å²) in [5, 5.41) is 8.89. The van der Waals surface area contributed by atoms with Gasteiger partial charge in [0.15, 0.2) is 0 Å². The zero-order valence-corrected chi connectivity index (χ0v) is 10.2. The number of rotatable bonds is 8. The molecule has 5 nitrogen and oxygen atoms in total. The van der Waals surface area contributed by atoms with Gasteiger partial charge in [-0.1, -0.05) is 13.8 Å². The molecule has 0 rings (SSSR count). The number of hydrogen-bond acceptors (Lipinski definition) is 3. The van der Waals surface area contributed by atoms with E-state index in [1.807, 2.05) is 0 Å². The largest absolute Gasteiger partial charge is 0.480 e. The predicted octanol–water partition coefficient (Wildman–Crippen LogP) is 1.02. The van der Waals surface area contributed by atoms with Crippen LogP contribution in [0, 0.1) is 11.3 Å². The Balaban J connectivity index is 3.97. The van der Waals surface area contributed by atoms with Gasteiger partial charge in [0.05, 0.1) is 0 Å². The summed E-state index contributed by atoms with van der Waals surface area (Å²) in [6.45, 7) is 6.29. The number of aliphatic carboxylic acids is 1. The Kier molecular flexibility index (Phi) is 6.03. The molecule has 1 atom stereocenters. The predicted molar refractivity (Wildman–Crippen MR) is 59.8 cm³/mol. The summed E-state index contributed by atoms with van der Waals surface area (Å²) in [6.07, 6.45) is 1.02. The lowest BCUT2D eigenvalue weighted by Crippen LogP contribution is -2.42. The minimum absolute atomic E-state index is 0.107. The van der Waals surface area contributed by atoms with E-state index in [1.165, 1.54) is 6.92 Å². The Morgan fingerprint density at radius 2 is 1.94 bits per heavy atom. The second kappa shape index (κ2) is 6.48. The number of carbonyl (C=O) groups is 2. The Labute approximate surface area is 96.0 Å². The highest BCUT2D eigenvalue weighted by Gasteiger charge is 2.39. The van der Waals surface area contributed by atoms with E-state index < -0.39 is 17.3 Å². The molecule has 0 aromatic heterocycles. The van der Waals surface area contributed by atoms with Gasteiger partial charge in [-0.05, 0) is 25.7 Å². The number of nitrogens with two attached hydrogens (primary N) is 1. The van der Waals surface area contributed by atoms with Crippen LogP contribution in [0.4, 0.5) is 0 Å². The highest BCUT2D eigenvalue weighted by Crippen LogP contribution is 2.21. The normalized spacial score (nSPS) is 14.8. The van der Waals surface area contributed by atoms with Gasteiger partial charge in [0.2, 0.25) is 5.91 Å². The summed E-state index contributed by atoms with van der Waals surface area (Å²) in [5.74, 6) is -1.48. The van der Waals surface area contributed by atoms with Gasteiger partial charge in [-0.2, -0.15) is 0 Å². The van der Waals surface area contributed by atoms with Gasteiger partial charge >= 0.3 is 5.97 Å². The molecule has 16 heavy (non-hydrogen) atoms. The monoisotopic (exact) mass is 231 g/mol. The minimum atomic E-state index is -1.53. The molecule has 0 spiro atoms. The fraction of sp³-hybridized carbons (Fsp3) is 0.818. The van der Waals surface area contributed by atoms with Crippen molar-refractivity contribution in [2.24, 2.45) is 17.1 Å². The zero-order chi connectivity index (χ0) is 12.8. The standard InChI is InChI=1S/C11H21NO4/c1-8(2)4-6-16-7-5-11(3,9(12)13)10(14)15/h8H,4-7H2,1-3H3,(H2,12,13)(H,14,15). The third-order valence-corrected chi connectivity index (χ3v) is 2.60. The van der Waals surface area contributed by atoms with Gasteiger partial charge in [0, 0.05) is 13.2 Å². The molecule has 3 N–H and O–H groups in total. The van der Waals surface area contributed by atoms with E-state index >= 15 is 0 Å². The molecule has 0 heterocycles. The number of amides is 1. The Morgan fingerprint density at radius 3 is 2.31 bits per heavy atom. The van der Waals surface area contributed by atoms with Crippen LogP contribution < -0.4 is 5.73 Å². The molecule has 5 heteroatoms. The molecule has 0 aliphatic carbocycles. The first kappa shape index (κ1) is 14.9. The number of hydrogen-bond donors (Lipinski definition) is 2. The van der Waals surface area contributed by atoms with Crippen molar-refractivity contribution < 1.29 is 19.4 Å². The van der Waals surface area contributed by atoms with Gasteiger partial charge in [-0.25, -0.2) is 0 Å². The number of carboxylic acids is 1. The third kappa shape index (κ3) is 4.61. The lowest BCUT2D eigenvalue weighted by atomic mass is 9.86. The SMILES string of the molecule is CC(C)CCOCCC(C)(C(N)=O)C(=O)O. The smallest absolute Gasteiger partial charge is 0.318 e. The Bertz CT molecular complexity index is 236. The molecular formula is C11H21NO4. The molecule has 1 amide bonds. The van der Waals surface area contributed by atoms with Crippen molar-refractivity contribution in [1.29, 1.82) is 0 Å². The van der Waals surface area contributed by atoms with Crippen molar-refractivity contribution in [3.8, 4) is 0 Å². The molecule has 0 fully saturated rings. The van der Waals surface area contributed by atoms with E-state index in [-0.39, 0.29) is 13.0 Å². The van der Waals surface area contributed by atoms with Crippen LogP contribution in [-0.4, -0.2) is 30.2 Å². The van der Waals surface area contributed by atoms with Crippen molar-refractivity contribution >= 4 is 11.9 Å². The second-order valence-corrected chi connectivity index (χ2v) is 4.55. The summed E-state index contributed by atoms with van der Waals surface area (Å²) >= 11 is 0. The fourth-order valence-electron chi connectivity index (χ4n) is 1.03. The Morgan fingerprint density at radius 1 is 1.38 bits per heavy atom. The molecule has 0 aromatic carbocycles. The zero-order valence-electron chi connectivity index (χ0n) is 10.2. The van der Waals surface area contributed by atoms with E-state index in [4.69, 9.17) is 15.6 Å². The van der Waals surface area contributed by atoms with E-state index in [9.17, 15) is 9.59 Å². The molecule has 0 aliphatic heterocycles. The molecule has 0 aliphatic rings. The minimum Gasteiger partial charge on any atom is -0.480 e. The average molecular weight is 231 g/mol. The summed E-state index contributed by atoms with van der Waals surface area (Å²) in [4.78, 5) is 21.9. The summed E-state index contributed by atoms with van der Waals surface area (Å²) < 4.78 is 5.27. The summed E-state index contributed by atoms with van der Waals surface area (Å²) in [7, 11) is 0. The molecular weight excluding hydrogens is 210 g/mol. The quantitative estimate of drug-likeness (QED) is 0.482. The van der Waals surface area contributed by atoms with E-state index in [1.54, 1.807) is 0 Å². The first-order chi connectivity index (χ1) is 7.30. The van der Waals surface area contributed by atoms with Crippen molar-refractivity contribution in [3.63, 3.8) is 0 Å². The van der Waals surface area contributed by atoms with Crippen LogP contribution >= 0.6 is 0 Å². The first-order valence-corrected chi connectivity index (χ1v) is 5.41. The highest BCUT2D eigenvalue weighted by molar-refractivity contribution is 6.00. The van der Waals surface area contributed by atoms with Gasteiger partial charge in [-0.3, -0.25) is 9.59 Å². The van der Waals surface area contributed by atoms with Gasteiger partial charge in [0.1, 0.15) is 5.41 Å². The van der Waals surface area contributed by atoms with Crippen molar-refractivity contribution in [1.82, 2.24) is 0 Å². The number of carboxylic acid groups (broad SMARTS) is 1. The van der Waals surface area contributed by atoms with Crippen LogP contribution in [0.25, 0.3) is 0 Å². The number of primary amides is 1. The maximum Gasteiger partial charge on any atom is 0.318 e. The lowest BCUT2D eigenvalue weighted by Gasteiger charge is -2.20. The molecule has 94 valence electrons. The van der Waals surface area contributed by atoms with E-state index in [2.05, 4.69) is 13.8 Å². The third-order valence-electron chi connectivity index (χ3n) is 2.60. The van der Waals surface area contributed by atoms with Crippen LogP contribution in [0.3, 0.4) is 0 Å². The lowest BCUT2D eigenvalue weighted by molar-refractivity contribution is -0.154. The second-order valence-electron chi connectivity index (χ2n) is 4.55. The van der Waals surface area contributed by atoms with E-state index in [0.29, 0.717) is 12.5 Å². The topological polar surface area (TPSA) is 89.6 Å². The molecule has 0 radical (unpaired) electrons. The molecule has 0 bridgehead atoms. The summed E-state index contributed by atoms with van der Waals surface area (Å²) in [5.41, 5.74) is 3.53. The van der Waals surface area contributed by atoms with Crippen molar-refractivity contribution in [2.45, 2.75) is 33.6 Å². The average Bonchev–Trinajstić information content (AvgIpc) is 2.15. The van der Waals surface area contributed by atoms with E-state index in [0.717, 1.165) is 6.42 Å². The maximum atomic E-state index is 11.0. The number of ether oxygens (including phenoxy) is 1. The first-order valence-electron chi connectivity index (χ1n) is 5.41. The Hall–Kier alpha value is -1.10. The van der Waals surface area contributed by atoms with Crippen LogP contribution in [0.1, 0.15) is 33.6 Å². The maximum absolute atomic E-state index is 11.0. The molecule has 0 saturated carbocycles. The molecule has 0 saturated heterocycles. The number of carbonyl (C=O) groups excluding carboxylic acids is 1. The fourth-order valence-corrected chi connectivity index (χ4v) is 1.03. The van der Waals surface area contributed by atoms with Crippen LogP contribution in [0.5, 0.6) is 0 Å². The van der Waals surface area contributed by atoms with Gasteiger partial charge in [0.25, 0.3) is 0 Å². The highest BCUT2D eigenvalue weighted by atomic mass is 16.5. The van der Waals surface area contributed by atoms with Crippen molar-refractivity contribution in [3.05, 3.63) is 0 Å². The van der Waals surface area contributed by atoms with Crippen LogP contribution in [0.2, 0.25) is 0 Å². The van der Waals surface area contributed by atoms with Crippen LogP contribution in [-0.2, 0) is 14.3 Å². The molecule has 1 unspecified atom stereocenters.